The number of carbonyl (C=O) groups excluding carboxylic acids is 1. The van der Waals surface area contributed by atoms with Gasteiger partial charge in [0.1, 0.15) is 5.69 Å². The Morgan fingerprint density at radius 2 is 2.38 bits per heavy atom. The van der Waals surface area contributed by atoms with Crippen LogP contribution in [0.3, 0.4) is 0 Å². The Morgan fingerprint density at radius 3 is 3.04 bits per heavy atom. The Hall–Kier alpha value is -1.86. The molecule has 3 rings (SSSR count). The van der Waals surface area contributed by atoms with Gasteiger partial charge in [-0.05, 0) is 45.4 Å². The number of halogens is 1. The summed E-state index contributed by atoms with van der Waals surface area (Å²) in [5, 5.41) is 17.9. The molecule has 8 heteroatoms. The summed E-state index contributed by atoms with van der Waals surface area (Å²) in [5.41, 5.74) is 2.45. The fourth-order valence-corrected chi connectivity index (χ4v) is 2.96. The highest BCUT2D eigenvalue weighted by atomic mass is 35.5. The second kappa shape index (κ2) is 8.30. The molecule has 24 heavy (non-hydrogen) atoms. The number of carbonyl (C=O) groups is 1. The molecule has 7 nitrogen and oxygen atoms in total. The van der Waals surface area contributed by atoms with E-state index >= 15 is 0 Å². The van der Waals surface area contributed by atoms with E-state index in [9.17, 15) is 4.79 Å². The zero-order chi connectivity index (χ0) is 16.2. The maximum Gasteiger partial charge on any atom is 0.271 e. The smallest absolute Gasteiger partial charge is 0.271 e. The van der Waals surface area contributed by atoms with E-state index in [1.807, 2.05) is 30.8 Å². The van der Waals surface area contributed by atoms with Crippen LogP contribution in [0, 0.1) is 6.92 Å². The molecule has 2 atom stereocenters. The number of hydrogen-bond acceptors (Lipinski definition) is 4. The minimum Gasteiger partial charge on any atom is -0.348 e. The molecule has 0 aliphatic carbocycles. The lowest BCUT2D eigenvalue weighted by atomic mass is 10.1. The monoisotopic (exact) mass is 352 g/mol. The lowest BCUT2D eigenvalue weighted by molar-refractivity contribution is 0.0933. The standard InChI is InChI=1S/C16H24N6O.ClH/c1-11(8-13-9-12(2)19-20-13)18-16(23)15-5-7-22(21-15)14-4-3-6-17-10-14;/h5,7,9,11,14,17H,3-4,6,8,10H2,1-2H3,(H,18,23)(H,19,20);1H. The molecule has 2 aromatic heterocycles. The van der Waals surface area contributed by atoms with Crippen LogP contribution in [0.4, 0.5) is 0 Å². The normalized spacial score (nSPS) is 18.7. The summed E-state index contributed by atoms with van der Waals surface area (Å²) in [5.74, 6) is -0.132. The van der Waals surface area contributed by atoms with Crippen molar-refractivity contribution in [2.45, 2.75) is 45.2 Å². The lowest BCUT2D eigenvalue weighted by Crippen LogP contribution is -2.35. The van der Waals surface area contributed by atoms with Crippen LogP contribution in [0.2, 0.25) is 0 Å². The third-order valence-electron chi connectivity index (χ3n) is 4.14. The van der Waals surface area contributed by atoms with Crippen molar-refractivity contribution in [3.63, 3.8) is 0 Å². The fraction of sp³-hybridized carbons (Fsp3) is 0.562. The zero-order valence-corrected chi connectivity index (χ0v) is 14.9. The maximum atomic E-state index is 12.3. The van der Waals surface area contributed by atoms with Gasteiger partial charge in [0.05, 0.1) is 11.7 Å². The average molecular weight is 353 g/mol. The van der Waals surface area contributed by atoms with Gasteiger partial charge in [0.25, 0.3) is 5.91 Å². The Bertz CT molecular complexity index is 661. The van der Waals surface area contributed by atoms with Gasteiger partial charge in [-0.1, -0.05) is 0 Å². The van der Waals surface area contributed by atoms with E-state index in [0.717, 1.165) is 37.3 Å². The summed E-state index contributed by atoms with van der Waals surface area (Å²) in [4.78, 5) is 12.3. The van der Waals surface area contributed by atoms with Crippen molar-refractivity contribution in [2.24, 2.45) is 0 Å². The van der Waals surface area contributed by atoms with Crippen LogP contribution >= 0.6 is 12.4 Å². The highest BCUT2D eigenvalue weighted by Gasteiger charge is 2.18. The van der Waals surface area contributed by atoms with Crippen molar-refractivity contribution in [3.8, 4) is 0 Å². The second-order valence-corrected chi connectivity index (χ2v) is 6.30. The minimum atomic E-state index is -0.132. The van der Waals surface area contributed by atoms with E-state index < -0.39 is 0 Å². The number of nitrogens with one attached hydrogen (secondary N) is 3. The minimum absolute atomic E-state index is 0. The summed E-state index contributed by atoms with van der Waals surface area (Å²) in [7, 11) is 0. The molecule has 0 spiro atoms. The first kappa shape index (κ1) is 18.5. The molecule has 1 aliphatic rings. The maximum absolute atomic E-state index is 12.3. The summed E-state index contributed by atoms with van der Waals surface area (Å²) in [6.45, 7) is 5.92. The summed E-state index contributed by atoms with van der Waals surface area (Å²) in [6.07, 6.45) is 4.84. The third-order valence-corrected chi connectivity index (χ3v) is 4.14. The molecule has 2 aromatic rings. The van der Waals surface area contributed by atoms with Crippen molar-refractivity contribution in [2.75, 3.05) is 13.1 Å². The Kier molecular flexibility index (Phi) is 6.39. The van der Waals surface area contributed by atoms with Gasteiger partial charge < -0.3 is 10.6 Å². The Morgan fingerprint density at radius 1 is 1.54 bits per heavy atom. The molecule has 1 fully saturated rings. The number of amides is 1. The van der Waals surface area contributed by atoms with Crippen LogP contribution in [0.5, 0.6) is 0 Å². The molecule has 0 bridgehead atoms. The second-order valence-electron chi connectivity index (χ2n) is 6.30. The molecule has 0 aromatic carbocycles. The zero-order valence-electron chi connectivity index (χ0n) is 14.1. The molecular formula is C16H25ClN6O. The highest BCUT2D eigenvalue weighted by molar-refractivity contribution is 5.92. The van der Waals surface area contributed by atoms with Crippen molar-refractivity contribution in [1.29, 1.82) is 0 Å². The molecule has 1 aliphatic heterocycles. The summed E-state index contributed by atoms with van der Waals surface area (Å²) in [6, 6.07) is 4.13. The quantitative estimate of drug-likeness (QED) is 0.763. The van der Waals surface area contributed by atoms with E-state index in [0.29, 0.717) is 18.2 Å². The predicted octanol–water partition coefficient (Wildman–Crippen LogP) is 1.62. The van der Waals surface area contributed by atoms with Crippen LogP contribution in [-0.4, -0.2) is 45.0 Å². The van der Waals surface area contributed by atoms with Gasteiger partial charge in [0, 0.05) is 30.9 Å². The third kappa shape index (κ3) is 4.58. The Balaban J connectivity index is 0.00000208. The number of hydrogen-bond donors (Lipinski definition) is 3. The first-order valence-corrected chi connectivity index (χ1v) is 8.19. The molecule has 1 saturated heterocycles. The van der Waals surface area contributed by atoms with Gasteiger partial charge in [0.2, 0.25) is 0 Å². The van der Waals surface area contributed by atoms with Gasteiger partial charge in [-0.25, -0.2) is 0 Å². The van der Waals surface area contributed by atoms with Crippen LogP contribution in [-0.2, 0) is 6.42 Å². The molecular weight excluding hydrogens is 328 g/mol. The SMILES string of the molecule is Cc1cc(CC(C)NC(=O)c2ccn(C3CCCNC3)n2)n[nH]1.Cl. The number of aryl methyl sites for hydroxylation is 1. The lowest BCUT2D eigenvalue weighted by Gasteiger charge is -2.22. The number of H-pyrrole nitrogens is 1. The van der Waals surface area contributed by atoms with Crippen LogP contribution in [0.15, 0.2) is 18.3 Å². The predicted molar refractivity (Wildman–Crippen MR) is 94.6 cm³/mol. The topological polar surface area (TPSA) is 87.6 Å². The first-order chi connectivity index (χ1) is 11.1. The molecule has 0 saturated carbocycles. The molecule has 2 unspecified atom stereocenters. The summed E-state index contributed by atoms with van der Waals surface area (Å²) >= 11 is 0. The van der Waals surface area contributed by atoms with Crippen molar-refractivity contribution >= 4 is 18.3 Å². The van der Waals surface area contributed by atoms with E-state index in [4.69, 9.17) is 0 Å². The van der Waals surface area contributed by atoms with Gasteiger partial charge >= 0.3 is 0 Å². The largest absolute Gasteiger partial charge is 0.348 e. The van der Waals surface area contributed by atoms with E-state index in [-0.39, 0.29) is 24.4 Å². The number of rotatable bonds is 5. The molecule has 0 radical (unpaired) electrons. The number of aromatic amines is 1. The first-order valence-electron chi connectivity index (χ1n) is 8.19. The van der Waals surface area contributed by atoms with E-state index in [2.05, 4.69) is 25.9 Å². The van der Waals surface area contributed by atoms with Crippen LogP contribution < -0.4 is 10.6 Å². The molecule has 132 valence electrons. The molecule has 3 heterocycles. The number of nitrogens with zero attached hydrogens (tertiary/aromatic N) is 3. The Labute approximate surface area is 148 Å². The van der Waals surface area contributed by atoms with Gasteiger partial charge in [-0.15, -0.1) is 12.4 Å². The molecule has 3 N–H and O–H groups in total. The van der Waals surface area contributed by atoms with Crippen molar-refractivity contribution in [1.82, 2.24) is 30.6 Å². The van der Waals surface area contributed by atoms with Gasteiger partial charge in [-0.2, -0.15) is 10.2 Å². The van der Waals surface area contributed by atoms with Crippen LogP contribution in [0.25, 0.3) is 0 Å². The average Bonchev–Trinajstić information content (AvgIpc) is 3.17. The van der Waals surface area contributed by atoms with Crippen LogP contribution in [0.1, 0.15) is 47.7 Å². The van der Waals surface area contributed by atoms with Crippen molar-refractivity contribution in [3.05, 3.63) is 35.4 Å². The van der Waals surface area contributed by atoms with Gasteiger partial charge in [0.15, 0.2) is 0 Å². The summed E-state index contributed by atoms with van der Waals surface area (Å²) < 4.78 is 1.91. The number of aromatic nitrogens is 4. The van der Waals surface area contributed by atoms with Gasteiger partial charge in [-0.3, -0.25) is 14.6 Å². The van der Waals surface area contributed by atoms with E-state index in [1.165, 1.54) is 0 Å². The van der Waals surface area contributed by atoms with Crippen molar-refractivity contribution < 1.29 is 4.79 Å². The van der Waals surface area contributed by atoms with E-state index in [1.54, 1.807) is 6.07 Å². The number of piperidine rings is 1. The highest BCUT2D eigenvalue weighted by Crippen LogP contribution is 2.15. The fourth-order valence-electron chi connectivity index (χ4n) is 2.96. The molecule has 1 amide bonds.